The number of rotatable bonds is 1. The summed E-state index contributed by atoms with van der Waals surface area (Å²) in [5.41, 5.74) is 4.59. The van der Waals surface area contributed by atoms with E-state index in [1.165, 1.54) is 11.1 Å². The van der Waals surface area contributed by atoms with Crippen molar-refractivity contribution in [3.63, 3.8) is 0 Å². The van der Waals surface area contributed by atoms with Gasteiger partial charge in [0.2, 0.25) is 0 Å². The lowest BCUT2D eigenvalue weighted by Crippen LogP contribution is -2.12. The van der Waals surface area contributed by atoms with E-state index in [1.54, 1.807) is 0 Å². The monoisotopic (exact) mass is 250 g/mol. The fraction of sp³-hybridized carbons (Fsp3) is 0.235. The van der Waals surface area contributed by atoms with Crippen LogP contribution in [0.1, 0.15) is 26.6 Å². The number of aromatic nitrogens is 2. The highest BCUT2D eigenvalue weighted by molar-refractivity contribution is 5.92. The predicted octanol–water partition coefficient (Wildman–Crippen LogP) is 4.53. The van der Waals surface area contributed by atoms with E-state index in [1.807, 2.05) is 6.07 Å². The van der Waals surface area contributed by atoms with Gasteiger partial charge in [-0.1, -0.05) is 63.2 Å². The van der Waals surface area contributed by atoms with Crippen LogP contribution < -0.4 is 0 Å². The average Bonchev–Trinajstić information content (AvgIpc) is 2.83. The normalized spacial score (nSPS) is 11.9. The molecule has 0 radical (unpaired) electrons. The highest BCUT2D eigenvalue weighted by atomic mass is 14.9. The van der Waals surface area contributed by atoms with Crippen molar-refractivity contribution in [2.24, 2.45) is 0 Å². The summed E-state index contributed by atoms with van der Waals surface area (Å²) in [4.78, 5) is 8.24. The van der Waals surface area contributed by atoms with Crippen molar-refractivity contribution in [1.82, 2.24) is 9.97 Å². The molecule has 19 heavy (non-hydrogen) atoms. The van der Waals surface area contributed by atoms with Crippen molar-refractivity contribution in [3.05, 3.63) is 54.4 Å². The van der Waals surface area contributed by atoms with Crippen LogP contribution in [0.3, 0.4) is 0 Å². The maximum absolute atomic E-state index is 4.80. The fourth-order valence-corrected chi connectivity index (χ4v) is 2.24. The van der Waals surface area contributed by atoms with Crippen molar-refractivity contribution >= 4 is 11.0 Å². The first-order chi connectivity index (χ1) is 9.05. The Labute approximate surface area is 113 Å². The van der Waals surface area contributed by atoms with Crippen molar-refractivity contribution in [1.29, 1.82) is 0 Å². The van der Waals surface area contributed by atoms with Gasteiger partial charge in [-0.2, -0.15) is 0 Å². The topological polar surface area (TPSA) is 28.7 Å². The van der Waals surface area contributed by atoms with Crippen LogP contribution in [0, 0.1) is 0 Å². The van der Waals surface area contributed by atoms with Gasteiger partial charge in [-0.15, -0.1) is 0 Å². The number of H-pyrrole nitrogens is 1. The molecule has 2 nitrogen and oxygen atoms in total. The van der Waals surface area contributed by atoms with Crippen LogP contribution in [0.2, 0.25) is 0 Å². The molecule has 0 spiro atoms. The van der Waals surface area contributed by atoms with Crippen LogP contribution in [0.25, 0.3) is 22.2 Å². The van der Waals surface area contributed by atoms with Crippen LogP contribution in [0.15, 0.2) is 48.5 Å². The molecule has 1 N–H and O–H groups in total. The van der Waals surface area contributed by atoms with Gasteiger partial charge >= 0.3 is 0 Å². The summed E-state index contributed by atoms with van der Waals surface area (Å²) >= 11 is 0. The van der Waals surface area contributed by atoms with E-state index in [9.17, 15) is 0 Å². The smallest absolute Gasteiger partial charge is 0.112 e. The van der Waals surface area contributed by atoms with E-state index in [2.05, 4.69) is 68.2 Å². The van der Waals surface area contributed by atoms with Gasteiger partial charge in [0.25, 0.3) is 0 Å². The molecule has 3 rings (SSSR count). The molecule has 0 aliphatic rings. The molecule has 0 fully saturated rings. The summed E-state index contributed by atoms with van der Waals surface area (Å²) < 4.78 is 0. The number of imidazole rings is 1. The molecule has 0 amide bonds. The van der Waals surface area contributed by atoms with Gasteiger partial charge < -0.3 is 4.98 Å². The van der Waals surface area contributed by atoms with Gasteiger partial charge in [0.05, 0.1) is 11.0 Å². The molecule has 0 saturated carbocycles. The molecule has 0 aliphatic heterocycles. The molecular formula is C17H18N2. The highest BCUT2D eigenvalue weighted by Gasteiger charge is 2.19. The number of aromatic amines is 1. The van der Waals surface area contributed by atoms with E-state index in [-0.39, 0.29) is 5.41 Å². The van der Waals surface area contributed by atoms with Gasteiger partial charge in [-0.05, 0) is 11.6 Å². The maximum atomic E-state index is 4.80. The summed E-state index contributed by atoms with van der Waals surface area (Å²) in [5, 5.41) is 0. The first-order valence-corrected chi connectivity index (χ1v) is 6.60. The second kappa shape index (κ2) is 4.23. The molecule has 1 heterocycles. The molecule has 0 bridgehead atoms. The zero-order valence-electron chi connectivity index (χ0n) is 11.6. The predicted molar refractivity (Wildman–Crippen MR) is 80.2 cm³/mol. The van der Waals surface area contributed by atoms with Gasteiger partial charge in [0.1, 0.15) is 5.82 Å². The Morgan fingerprint density at radius 3 is 2.32 bits per heavy atom. The third-order valence-corrected chi connectivity index (χ3v) is 3.31. The molecule has 0 saturated heterocycles. The molecule has 1 aromatic heterocycles. The minimum absolute atomic E-state index is 0.0347. The lowest BCUT2D eigenvalue weighted by molar-refractivity contribution is 0.554. The molecule has 96 valence electrons. The summed E-state index contributed by atoms with van der Waals surface area (Å²) in [5.74, 6) is 1.03. The standard InChI is InChI=1S/C17H18N2/c1-17(2,3)16-18-14-11-7-10-13(15(14)19-16)12-8-5-4-6-9-12/h4-11H,1-3H3,(H,18,19). The number of nitrogens with one attached hydrogen (secondary N) is 1. The molecule has 0 aliphatic carbocycles. The third-order valence-electron chi connectivity index (χ3n) is 3.31. The SMILES string of the molecule is CC(C)(C)c1nc2c(-c3ccccc3)cccc2[nH]1. The van der Waals surface area contributed by atoms with Crippen molar-refractivity contribution < 1.29 is 0 Å². The van der Waals surface area contributed by atoms with Crippen LogP contribution in [0.4, 0.5) is 0 Å². The van der Waals surface area contributed by atoms with Crippen molar-refractivity contribution in [2.75, 3.05) is 0 Å². The first kappa shape index (κ1) is 12.0. The Morgan fingerprint density at radius 1 is 0.895 bits per heavy atom. The van der Waals surface area contributed by atoms with Crippen LogP contribution in [0.5, 0.6) is 0 Å². The second-order valence-corrected chi connectivity index (χ2v) is 5.90. The van der Waals surface area contributed by atoms with Gasteiger partial charge in [0.15, 0.2) is 0 Å². The summed E-state index contributed by atoms with van der Waals surface area (Å²) in [6, 6.07) is 16.7. The molecule has 3 aromatic rings. The summed E-state index contributed by atoms with van der Waals surface area (Å²) in [6.07, 6.45) is 0. The highest BCUT2D eigenvalue weighted by Crippen LogP contribution is 2.29. The number of hydrogen-bond donors (Lipinski definition) is 1. The number of hydrogen-bond acceptors (Lipinski definition) is 1. The molecular weight excluding hydrogens is 232 g/mol. The Bertz CT molecular complexity index is 703. The molecule has 0 atom stereocenters. The van der Waals surface area contributed by atoms with E-state index in [0.717, 1.165) is 16.9 Å². The Hall–Kier alpha value is -2.09. The lowest BCUT2D eigenvalue weighted by atomic mass is 9.96. The van der Waals surface area contributed by atoms with Gasteiger partial charge in [-0.25, -0.2) is 4.98 Å². The van der Waals surface area contributed by atoms with Gasteiger partial charge in [0, 0.05) is 11.0 Å². The third kappa shape index (κ3) is 2.14. The average molecular weight is 250 g/mol. The molecule has 2 heteroatoms. The number of nitrogens with zero attached hydrogens (tertiary/aromatic N) is 1. The van der Waals surface area contributed by atoms with E-state index >= 15 is 0 Å². The van der Waals surface area contributed by atoms with Gasteiger partial charge in [-0.3, -0.25) is 0 Å². The lowest BCUT2D eigenvalue weighted by Gasteiger charge is -2.13. The first-order valence-electron chi connectivity index (χ1n) is 6.60. The van der Waals surface area contributed by atoms with Crippen molar-refractivity contribution in [2.45, 2.75) is 26.2 Å². The van der Waals surface area contributed by atoms with E-state index in [0.29, 0.717) is 0 Å². The number of para-hydroxylation sites is 1. The molecule has 0 unspecified atom stereocenters. The van der Waals surface area contributed by atoms with E-state index < -0.39 is 0 Å². The zero-order chi connectivity index (χ0) is 13.5. The van der Waals surface area contributed by atoms with E-state index in [4.69, 9.17) is 4.98 Å². The minimum atomic E-state index is 0.0347. The van der Waals surface area contributed by atoms with Crippen LogP contribution in [-0.2, 0) is 5.41 Å². The minimum Gasteiger partial charge on any atom is -0.342 e. The fourth-order valence-electron chi connectivity index (χ4n) is 2.24. The Kier molecular flexibility index (Phi) is 2.67. The zero-order valence-corrected chi connectivity index (χ0v) is 11.6. The Morgan fingerprint density at radius 2 is 1.63 bits per heavy atom. The maximum Gasteiger partial charge on any atom is 0.112 e. The quantitative estimate of drug-likeness (QED) is 0.675. The van der Waals surface area contributed by atoms with Crippen LogP contribution >= 0.6 is 0 Å². The largest absolute Gasteiger partial charge is 0.342 e. The Balaban J connectivity index is 2.24. The second-order valence-electron chi connectivity index (χ2n) is 5.90. The van der Waals surface area contributed by atoms with Crippen molar-refractivity contribution in [3.8, 4) is 11.1 Å². The number of benzene rings is 2. The summed E-state index contributed by atoms with van der Waals surface area (Å²) in [6.45, 7) is 6.52. The van der Waals surface area contributed by atoms with Crippen LogP contribution in [-0.4, -0.2) is 9.97 Å². The molecule has 2 aromatic carbocycles. The number of fused-ring (bicyclic) bond motifs is 1. The summed E-state index contributed by atoms with van der Waals surface area (Å²) in [7, 11) is 0.